The van der Waals surface area contributed by atoms with Crippen LogP contribution in [0.25, 0.3) is 11.3 Å². The third kappa shape index (κ3) is 5.38. The van der Waals surface area contributed by atoms with E-state index >= 15 is 0 Å². The van der Waals surface area contributed by atoms with E-state index in [1.807, 2.05) is 0 Å². The molecule has 3 aromatic rings. The van der Waals surface area contributed by atoms with Crippen LogP contribution >= 0.6 is 10.9 Å². The Morgan fingerprint density at radius 1 is 1.05 bits per heavy atom. The summed E-state index contributed by atoms with van der Waals surface area (Å²) < 4.78 is 112. The minimum absolute atomic E-state index is 0.177. The lowest BCUT2D eigenvalue weighted by molar-refractivity contribution is -0.205. The Morgan fingerprint density at radius 3 is 2.24 bits per heavy atom. The molecule has 1 aromatic heterocycles. The van der Waals surface area contributed by atoms with Gasteiger partial charge in [0.15, 0.2) is 17.5 Å². The van der Waals surface area contributed by atoms with Crippen molar-refractivity contribution >= 4 is 10.9 Å². The summed E-state index contributed by atoms with van der Waals surface area (Å²) in [7, 11) is -2.20. The number of thiol groups is 1. The van der Waals surface area contributed by atoms with Crippen LogP contribution in [0.15, 0.2) is 42.6 Å². The van der Waals surface area contributed by atoms with E-state index < -0.39 is 111 Å². The van der Waals surface area contributed by atoms with Gasteiger partial charge >= 0.3 is 6.18 Å². The van der Waals surface area contributed by atoms with Crippen molar-refractivity contribution in [2.45, 2.75) is 59.3 Å². The minimum atomic E-state index is -4.92. The molecular weight excluding hydrogens is 602 g/mol. The first-order valence-corrected chi connectivity index (χ1v) is 14.3. The Morgan fingerprint density at radius 2 is 1.67 bits per heavy atom. The molecule has 2 unspecified atom stereocenters. The number of halogens is 8. The molecule has 0 spiro atoms. The highest BCUT2D eigenvalue weighted by atomic mass is 32.2. The van der Waals surface area contributed by atoms with Crippen LogP contribution in [-0.4, -0.2) is 76.8 Å². The molecular formula is C26H25F8N3O4S. The topological polar surface area (TPSA) is 112 Å². The largest absolute Gasteiger partial charge is 0.416 e. The SMILES string of the molecule is OC[C@@H]1[C@H](O)[C@@H](n2cc(-c3cc(F)c(F)c(F)c3)nn2)[C@@H](O)C[SH]1C(c1ccccc1C(F)(F)F)C1(O)CC(F)(F)C1. The maximum Gasteiger partial charge on any atom is 0.416 e. The number of benzene rings is 2. The molecule has 0 amide bonds. The van der Waals surface area contributed by atoms with Gasteiger partial charge in [-0.1, -0.05) is 23.4 Å². The second-order valence-electron chi connectivity index (χ2n) is 10.6. The lowest BCUT2D eigenvalue weighted by Crippen LogP contribution is -2.58. The molecule has 2 heterocycles. The second-order valence-corrected chi connectivity index (χ2v) is 13.2. The van der Waals surface area contributed by atoms with Crippen LogP contribution in [0.4, 0.5) is 35.1 Å². The molecule has 1 aliphatic carbocycles. The van der Waals surface area contributed by atoms with Crippen LogP contribution in [0, 0.1) is 17.5 Å². The molecule has 16 heteroatoms. The number of rotatable bonds is 6. The average molecular weight is 628 g/mol. The molecule has 42 heavy (non-hydrogen) atoms. The van der Waals surface area contributed by atoms with Crippen LogP contribution < -0.4 is 0 Å². The van der Waals surface area contributed by atoms with Gasteiger partial charge in [-0.2, -0.15) is 13.2 Å². The van der Waals surface area contributed by atoms with Gasteiger partial charge in [-0.25, -0.2) is 37.5 Å². The highest BCUT2D eigenvalue weighted by Gasteiger charge is 2.63. The first-order valence-electron chi connectivity index (χ1n) is 12.6. The molecule has 1 saturated heterocycles. The van der Waals surface area contributed by atoms with E-state index in [0.717, 1.165) is 29.1 Å². The van der Waals surface area contributed by atoms with Crippen molar-refractivity contribution in [3.05, 3.63) is 71.2 Å². The van der Waals surface area contributed by atoms with Crippen molar-refractivity contribution < 1.29 is 55.5 Å². The van der Waals surface area contributed by atoms with Crippen molar-refractivity contribution in [2.75, 3.05) is 12.4 Å². The number of hydrogen-bond donors (Lipinski definition) is 5. The number of hydrogen-bond acceptors (Lipinski definition) is 6. The number of alkyl halides is 5. The molecule has 5 rings (SSSR count). The van der Waals surface area contributed by atoms with Crippen molar-refractivity contribution in [1.29, 1.82) is 0 Å². The smallest absolute Gasteiger partial charge is 0.395 e. The van der Waals surface area contributed by atoms with Crippen LogP contribution in [0.2, 0.25) is 0 Å². The van der Waals surface area contributed by atoms with E-state index in [0.29, 0.717) is 12.1 Å². The summed E-state index contributed by atoms with van der Waals surface area (Å²) in [6, 6.07) is 4.05. The third-order valence-electron chi connectivity index (χ3n) is 7.78. The summed E-state index contributed by atoms with van der Waals surface area (Å²) in [6.45, 7) is -0.844. The summed E-state index contributed by atoms with van der Waals surface area (Å²) in [5.74, 6) is -8.48. The Labute approximate surface area is 235 Å². The van der Waals surface area contributed by atoms with Crippen LogP contribution in [-0.2, 0) is 6.18 Å². The number of aliphatic hydroxyl groups is 4. The van der Waals surface area contributed by atoms with Gasteiger partial charge < -0.3 is 20.4 Å². The highest BCUT2D eigenvalue weighted by molar-refractivity contribution is 8.18. The molecule has 1 aliphatic heterocycles. The zero-order chi connectivity index (χ0) is 30.8. The van der Waals surface area contributed by atoms with E-state index in [1.165, 1.54) is 6.07 Å². The van der Waals surface area contributed by atoms with Gasteiger partial charge in [0.05, 0.1) is 36.2 Å². The summed E-state index contributed by atoms with van der Waals surface area (Å²) in [4.78, 5) is 0. The summed E-state index contributed by atoms with van der Waals surface area (Å²) in [5.41, 5.74) is -4.40. The summed E-state index contributed by atoms with van der Waals surface area (Å²) in [5, 5.41) is 48.6. The zero-order valence-electron chi connectivity index (χ0n) is 21.4. The van der Waals surface area contributed by atoms with E-state index in [-0.39, 0.29) is 11.3 Å². The van der Waals surface area contributed by atoms with E-state index in [1.54, 1.807) is 0 Å². The monoisotopic (exact) mass is 627 g/mol. The molecule has 230 valence electrons. The molecule has 0 radical (unpaired) electrons. The fourth-order valence-electron chi connectivity index (χ4n) is 6.02. The van der Waals surface area contributed by atoms with Crippen LogP contribution in [0.3, 0.4) is 0 Å². The second kappa shape index (κ2) is 10.7. The average Bonchev–Trinajstić information content (AvgIpc) is 3.35. The fraction of sp³-hybridized carbons (Fsp3) is 0.462. The zero-order valence-corrected chi connectivity index (χ0v) is 22.3. The molecule has 6 atom stereocenters. The van der Waals surface area contributed by atoms with Crippen LogP contribution in [0.1, 0.15) is 35.3 Å². The van der Waals surface area contributed by atoms with Gasteiger partial charge in [-0.15, -0.1) is 5.10 Å². The van der Waals surface area contributed by atoms with Gasteiger partial charge in [0.2, 0.25) is 0 Å². The molecule has 2 aliphatic rings. The molecule has 0 bridgehead atoms. The Kier molecular flexibility index (Phi) is 7.83. The Hall–Kier alpha value is -2.79. The summed E-state index contributed by atoms with van der Waals surface area (Å²) in [6.07, 6.45) is -9.46. The van der Waals surface area contributed by atoms with Gasteiger partial charge in [-0.05, 0) is 23.8 Å². The van der Waals surface area contributed by atoms with Crippen molar-refractivity contribution in [2.24, 2.45) is 0 Å². The van der Waals surface area contributed by atoms with E-state index in [4.69, 9.17) is 0 Å². The van der Waals surface area contributed by atoms with Gasteiger partial charge in [-0.3, -0.25) is 0 Å². The summed E-state index contributed by atoms with van der Waals surface area (Å²) >= 11 is 0. The van der Waals surface area contributed by atoms with Crippen molar-refractivity contribution in [3.63, 3.8) is 0 Å². The normalized spacial score (nSPS) is 28.7. The maximum atomic E-state index is 14.0. The first-order chi connectivity index (χ1) is 19.6. The Balaban J connectivity index is 1.52. The van der Waals surface area contributed by atoms with Gasteiger partial charge in [0, 0.05) is 34.7 Å². The molecule has 2 aromatic carbocycles. The molecule has 2 fully saturated rings. The molecule has 7 nitrogen and oxygen atoms in total. The van der Waals surface area contributed by atoms with Crippen molar-refractivity contribution in [1.82, 2.24) is 15.0 Å². The van der Waals surface area contributed by atoms with Crippen molar-refractivity contribution in [3.8, 4) is 11.3 Å². The van der Waals surface area contributed by atoms with Gasteiger partial charge in [0.25, 0.3) is 5.92 Å². The molecule has 4 N–H and O–H groups in total. The van der Waals surface area contributed by atoms with Crippen LogP contribution in [0.5, 0.6) is 0 Å². The third-order valence-corrected chi connectivity index (χ3v) is 11.3. The van der Waals surface area contributed by atoms with E-state index in [2.05, 4.69) is 10.3 Å². The van der Waals surface area contributed by atoms with Gasteiger partial charge in [0.1, 0.15) is 11.7 Å². The number of nitrogens with zero attached hydrogens (tertiary/aromatic N) is 3. The lowest BCUT2D eigenvalue weighted by atomic mass is 9.72. The quantitative estimate of drug-likeness (QED) is 0.161. The maximum absolute atomic E-state index is 14.0. The standard InChI is InChI=1S/C26H25F8N3O4S/c27-15-5-12(6-16(28)20(15)29)17-7-37(36-35-17)21-18(39)9-42(19(8-38)22(21)40)23(24(41)10-25(30,31)11-24)13-3-1-2-4-14(13)26(32,33)34/h1-7,18-19,21-23,38-42H,8-11H2/t18-,19+,21-,22-,23?/m0/s1. The molecule has 1 saturated carbocycles. The predicted octanol–water partition coefficient (Wildman–Crippen LogP) is 3.92. The fourth-order valence-corrected chi connectivity index (χ4v) is 9.69. The highest BCUT2D eigenvalue weighted by Crippen LogP contribution is 2.65. The first kappa shape index (κ1) is 30.7. The Bertz CT molecular complexity index is 1440. The number of aromatic nitrogens is 3. The lowest BCUT2D eigenvalue weighted by Gasteiger charge is -2.56. The minimum Gasteiger partial charge on any atom is -0.395 e. The predicted molar refractivity (Wildman–Crippen MR) is 134 cm³/mol. The number of aliphatic hydroxyl groups excluding tert-OH is 3. The van der Waals surface area contributed by atoms with E-state index in [9.17, 15) is 55.5 Å².